The van der Waals surface area contributed by atoms with E-state index in [-0.39, 0.29) is 0 Å². The Bertz CT molecular complexity index is 334. The van der Waals surface area contributed by atoms with Gasteiger partial charge in [-0.05, 0) is 37.5 Å². The molecule has 1 aliphatic rings. The molecule has 0 amide bonds. The first-order chi connectivity index (χ1) is 7.25. The molecule has 1 fully saturated rings. The molecule has 1 N–H and O–H groups in total. The molecule has 0 spiro atoms. The maximum Gasteiger partial charge on any atom is 0.0667 e. The van der Waals surface area contributed by atoms with E-state index in [2.05, 4.69) is 18.3 Å². The van der Waals surface area contributed by atoms with Gasteiger partial charge in [0.1, 0.15) is 0 Å². The number of ether oxygens (including phenoxy) is 1. The van der Waals surface area contributed by atoms with Gasteiger partial charge in [-0.25, -0.2) is 0 Å². The Morgan fingerprint density at radius 3 is 3.07 bits per heavy atom. The Balaban J connectivity index is 2.05. The smallest absolute Gasteiger partial charge is 0.0667 e. The third-order valence-corrected chi connectivity index (χ3v) is 2.97. The summed E-state index contributed by atoms with van der Waals surface area (Å²) >= 11 is 6.11. The van der Waals surface area contributed by atoms with Crippen molar-refractivity contribution in [1.82, 2.24) is 0 Å². The van der Waals surface area contributed by atoms with Crippen molar-refractivity contribution in [3.8, 4) is 0 Å². The molecule has 15 heavy (non-hydrogen) atoms. The van der Waals surface area contributed by atoms with Gasteiger partial charge >= 0.3 is 0 Å². The van der Waals surface area contributed by atoms with E-state index in [0.29, 0.717) is 6.04 Å². The van der Waals surface area contributed by atoms with Gasteiger partial charge in [0.15, 0.2) is 0 Å². The van der Waals surface area contributed by atoms with Gasteiger partial charge in [0.25, 0.3) is 0 Å². The Labute approximate surface area is 95.6 Å². The molecule has 0 bridgehead atoms. The van der Waals surface area contributed by atoms with Crippen LogP contribution in [0.5, 0.6) is 0 Å². The molecule has 1 saturated heterocycles. The number of rotatable bonds is 2. The van der Waals surface area contributed by atoms with Crippen LogP contribution in [0.4, 0.5) is 5.69 Å². The van der Waals surface area contributed by atoms with Gasteiger partial charge in [-0.1, -0.05) is 17.7 Å². The van der Waals surface area contributed by atoms with E-state index in [1.54, 1.807) is 0 Å². The summed E-state index contributed by atoms with van der Waals surface area (Å²) in [6.07, 6.45) is 2.28. The van der Waals surface area contributed by atoms with Crippen molar-refractivity contribution in [2.24, 2.45) is 0 Å². The summed E-state index contributed by atoms with van der Waals surface area (Å²) in [7, 11) is 0. The van der Waals surface area contributed by atoms with Gasteiger partial charge in [-0.2, -0.15) is 0 Å². The predicted molar refractivity (Wildman–Crippen MR) is 63.7 cm³/mol. The van der Waals surface area contributed by atoms with E-state index < -0.39 is 0 Å². The van der Waals surface area contributed by atoms with Gasteiger partial charge in [-0.3, -0.25) is 0 Å². The Morgan fingerprint density at radius 1 is 1.47 bits per heavy atom. The molecule has 2 nitrogen and oxygen atoms in total. The first-order valence-electron chi connectivity index (χ1n) is 5.36. The van der Waals surface area contributed by atoms with Crippen molar-refractivity contribution in [3.05, 3.63) is 28.8 Å². The number of benzene rings is 1. The summed E-state index contributed by atoms with van der Waals surface area (Å²) in [6, 6.07) is 6.43. The lowest BCUT2D eigenvalue weighted by Gasteiger charge is -2.24. The van der Waals surface area contributed by atoms with E-state index in [4.69, 9.17) is 16.3 Å². The fraction of sp³-hybridized carbons (Fsp3) is 0.500. The summed E-state index contributed by atoms with van der Waals surface area (Å²) in [6.45, 7) is 3.74. The van der Waals surface area contributed by atoms with E-state index in [1.165, 1.54) is 5.56 Å². The highest BCUT2D eigenvalue weighted by atomic mass is 35.5. The monoisotopic (exact) mass is 225 g/mol. The average molecular weight is 226 g/mol. The van der Waals surface area contributed by atoms with Crippen molar-refractivity contribution < 1.29 is 4.74 Å². The van der Waals surface area contributed by atoms with Crippen LogP contribution in [-0.4, -0.2) is 19.3 Å². The first kappa shape index (κ1) is 10.8. The topological polar surface area (TPSA) is 21.3 Å². The lowest BCUT2D eigenvalue weighted by atomic mass is 10.1. The molecule has 3 heteroatoms. The standard InChI is InChI=1S/C12H16ClNO/c1-9-4-5-11(13)12(7-9)14-10-3-2-6-15-8-10/h4-5,7,10,14H,2-3,6,8H2,1H3. The highest BCUT2D eigenvalue weighted by molar-refractivity contribution is 6.33. The summed E-state index contributed by atoms with van der Waals surface area (Å²) in [5, 5.41) is 4.22. The zero-order chi connectivity index (χ0) is 10.7. The van der Waals surface area contributed by atoms with E-state index in [1.807, 2.05) is 12.1 Å². The van der Waals surface area contributed by atoms with Crippen LogP contribution in [0.1, 0.15) is 18.4 Å². The number of halogens is 1. The van der Waals surface area contributed by atoms with Gasteiger partial charge in [0.2, 0.25) is 0 Å². The lowest BCUT2D eigenvalue weighted by Crippen LogP contribution is -2.30. The fourth-order valence-electron chi connectivity index (χ4n) is 1.82. The Morgan fingerprint density at radius 2 is 2.33 bits per heavy atom. The van der Waals surface area contributed by atoms with Crippen LogP contribution in [0.25, 0.3) is 0 Å². The molecular formula is C12H16ClNO. The molecular weight excluding hydrogens is 210 g/mol. The van der Waals surface area contributed by atoms with Crippen molar-refractivity contribution in [1.29, 1.82) is 0 Å². The van der Waals surface area contributed by atoms with Crippen molar-refractivity contribution in [2.45, 2.75) is 25.8 Å². The van der Waals surface area contributed by atoms with E-state index in [0.717, 1.165) is 36.8 Å². The molecule has 1 aliphatic heterocycles. The Kier molecular flexibility index (Phi) is 3.49. The third-order valence-electron chi connectivity index (χ3n) is 2.64. The summed E-state index contributed by atoms with van der Waals surface area (Å²) in [5.41, 5.74) is 2.24. The predicted octanol–water partition coefficient (Wildman–Crippen LogP) is 3.24. The van der Waals surface area contributed by atoms with Gasteiger partial charge < -0.3 is 10.1 Å². The van der Waals surface area contributed by atoms with Crippen LogP contribution in [0, 0.1) is 6.92 Å². The van der Waals surface area contributed by atoms with Crippen LogP contribution >= 0.6 is 11.6 Å². The van der Waals surface area contributed by atoms with Crippen LogP contribution in [0.15, 0.2) is 18.2 Å². The zero-order valence-corrected chi connectivity index (χ0v) is 9.68. The second-order valence-corrected chi connectivity index (χ2v) is 4.45. The third kappa shape index (κ3) is 2.86. The minimum atomic E-state index is 0.401. The largest absolute Gasteiger partial charge is 0.379 e. The molecule has 1 unspecified atom stereocenters. The minimum Gasteiger partial charge on any atom is -0.379 e. The molecule has 82 valence electrons. The van der Waals surface area contributed by atoms with Crippen LogP contribution in [-0.2, 0) is 4.74 Å². The van der Waals surface area contributed by atoms with Gasteiger partial charge in [-0.15, -0.1) is 0 Å². The normalized spacial score (nSPS) is 21.3. The maximum atomic E-state index is 6.11. The summed E-state index contributed by atoms with van der Waals surface area (Å²) < 4.78 is 5.42. The van der Waals surface area contributed by atoms with Crippen LogP contribution in [0.3, 0.4) is 0 Å². The second-order valence-electron chi connectivity index (χ2n) is 4.04. The van der Waals surface area contributed by atoms with E-state index in [9.17, 15) is 0 Å². The number of hydrogen-bond donors (Lipinski definition) is 1. The molecule has 2 rings (SSSR count). The summed E-state index contributed by atoms with van der Waals surface area (Å²) in [5.74, 6) is 0. The van der Waals surface area contributed by atoms with Crippen molar-refractivity contribution >= 4 is 17.3 Å². The molecule has 0 saturated carbocycles. The number of anilines is 1. The van der Waals surface area contributed by atoms with Crippen LogP contribution < -0.4 is 5.32 Å². The number of aryl methyl sites for hydroxylation is 1. The molecule has 1 aromatic carbocycles. The number of hydrogen-bond acceptors (Lipinski definition) is 2. The fourth-order valence-corrected chi connectivity index (χ4v) is 2.00. The minimum absolute atomic E-state index is 0.401. The van der Waals surface area contributed by atoms with Crippen LogP contribution in [0.2, 0.25) is 5.02 Å². The average Bonchev–Trinajstić information content (AvgIpc) is 2.25. The highest BCUT2D eigenvalue weighted by Crippen LogP contribution is 2.24. The molecule has 0 aliphatic carbocycles. The SMILES string of the molecule is Cc1ccc(Cl)c(NC2CCCOC2)c1. The summed E-state index contributed by atoms with van der Waals surface area (Å²) in [4.78, 5) is 0. The maximum absolute atomic E-state index is 6.11. The zero-order valence-electron chi connectivity index (χ0n) is 8.92. The molecule has 0 radical (unpaired) electrons. The van der Waals surface area contributed by atoms with Gasteiger partial charge in [0.05, 0.1) is 17.3 Å². The first-order valence-corrected chi connectivity index (χ1v) is 5.74. The molecule has 1 heterocycles. The second kappa shape index (κ2) is 4.86. The highest BCUT2D eigenvalue weighted by Gasteiger charge is 2.14. The lowest BCUT2D eigenvalue weighted by molar-refractivity contribution is 0.0876. The number of nitrogens with one attached hydrogen (secondary N) is 1. The molecule has 1 atom stereocenters. The molecule has 1 aromatic rings. The van der Waals surface area contributed by atoms with E-state index >= 15 is 0 Å². The molecule has 0 aromatic heterocycles. The Hall–Kier alpha value is -0.730. The van der Waals surface area contributed by atoms with Gasteiger partial charge in [0, 0.05) is 12.6 Å². The quantitative estimate of drug-likeness (QED) is 0.835. The van der Waals surface area contributed by atoms with Crippen molar-refractivity contribution in [3.63, 3.8) is 0 Å². The van der Waals surface area contributed by atoms with Crippen molar-refractivity contribution in [2.75, 3.05) is 18.5 Å².